The van der Waals surface area contributed by atoms with Crippen LogP contribution >= 0.6 is 0 Å². The zero-order valence-electron chi connectivity index (χ0n) is 15.4. The number of benzene rings is 2. The van der Waals surface area contributed by atoms with Gasteiger partial charge in [-0.3, -0.25) is 9.48 Å². The Bertz CT molecular complexity index is 931. The summed E-state index contributed by atoms with van der Waals surface area (Å²) >= 11 is 0. The summed E-state index contributed by atoms with van der Waals surface area (Å²) in [7, 11) is 0. The van der Waals surface area contributed by atoms with E-state index in [2.05, 4.69) is 20.9 Å². The Hall–Kier alpha value is -2.99. The molecular weight excluding hydrogens is 338 g/mol. The molecule has 0 aliphatic carbocycles. The van der Waals surface area contributed by atoms with E-state index in [1.54, 1.807) is 0 Å². The number of carbonyl (C=O) groups excluding carboxylic acids is 1. The van der Waals surface area contributed by atoms with Gasteiger partial charge in [-0.15, -0.1) is 5.10 Å². The monoisotopic (exact) mass is 361 g/mol. The van der Waals surface area contributed by atoms with Gasteiger partial charge in [-0.05, 0) is 56.1 Å². The molecule has 0 saturated carbocycles. The Morgan fingerprint density at radius 2 is 2.04 bits per heavy atom. The van der Waals surface area contributed by atoms with E-state index in [0.29, 0.717) is 5.56 Å². The van der Waals surface area contributed by atoms with Crippen molar-refractivity contribution >= 4 is 11.6 Å². The van der Waals surface area contributed by atoms with Crippen LogP contribution in [0.4, 0.5) is 5.69 Å². The number of nitrogens with zero attached hydrogens (tertiary/aromatic N) is 3. The second-order valence-corrected chi connectivity index (χ2v) is 7.03. The Labute approximate surface area is 158 Å². The van der Waals surface area contributed by atoms with E-state index < -0.39 is 0 Å². The maximum Gasteiger partial charge on any atom is 0.255 e. The smallest absolute Gasteiger partial charge is 0.255 e. The summed E-state index contributed by atoms with van der Waals surface area (Å²) in [5, 5.41) is 14.7. The molecule has 2 N–H and O–H groups in total. The highest BCUT2D eigenvalue weighted by Crippen LogP contribution is 2.22. The molecule has 4 rings (SSSR count). The molecule has 1 amide bonds. The lowest BCUT2D eigenvalue weighted by Crippen LogP contribution is -2.42. The van der Waals surface area contributed by atoms with Crippen molar-refractivity contribution in [3.63, 3.8) is 0 Å². The van der Waals surface area contributed by atoms with Gasteiger partial charge in [0.25, 0.3) is 5.91 Å². The molecule has 2 aromatic carbocycles. The molecule has 3 aromatic rings. The molecule has 2 heterocycles. The topological polar surface area (TPSA) is 71.8 Å². The van der Waals surface area contributed by atoms with Gasteiger partial charge in [0.2, 0.25) is 0 Å². The van der Waals surface area contributed by atoms with E-state index in [0.717, 1.165) is 54.5 Å². The Morgan fingerprint density at radius 3 is 2.78 bits per heavy atom. The summed E-state index contributed by atoms with van der Waals surface area (Å²) in [6.45, 7) is 5.00. The lowest BCUT2D eigenvalue weighted by molar-refractivity contribution is 0.102. The third kappa shape index (κ3) is 4.06. The van der Waals surface area contributed by atoms with Gasteiger partial charge >= 0.3 is 0 Å². The van der Waals surface area contributed by atoms with Gasteiger partial charge in [0.1, 0.15) is 5.69 Å². The molecule has 0 radical (unpaired) electrons. The number of aryl methyl sites for hydroxylation is 2. The highest BCUT2D eigenvalue weighted by atomic mass is 16.1. The number of anilines is 1. The molecule has 138 valence electrons. The predicted octanol–water partition coefficient (Wildman–Crippen LogP) is 3.12. The largest absolute Gasteiger partial charge is 0.322 e. The minimum atomic E-state index is -0.120. The van der Waals surface area contributed by atoms with Crippen molar-refractivity contribution < 1.29 is 4.79 Å². The lowest BCUT2D eigenvalue weighted by atomic mass is 10.00. The van der Waals surface area contributed by atoms with Crippen LogP contribution in [-0.4, -0.2) is 34.0 Å². The van der Waals surface area contributed by atoms with Crippen LogP contribution in [0.5, 0.6) is 0 Å². The molecule has 6 nitrogen and oxygen atoms in total. The predicted molar refractivity (Wildman–Crippen MR) is 106 cm³/mol. The second-order valence-electron chi connectivity index (χ2n) is 7.03. The average molecular weight is 361 g/mol. The fourth-order valence-corrected chi connectivity index (χ4v) is 3.15. The van der Waals surface area contributed by atoms with Crippen LogP contribution in [0, 0.1) is 12.8 Å². The number of carbonyl (C=O) groups is 1. The van der Waals surface area contributed by atoms with Gasteiger partial charge in [0, 0.05) is 23.4 Å². The van der Waals surface area contributed by atoms with E-state index in [4.69, 9.17) is 0 Å². The van der Waals surface area contributed by atoms with E-state index in [1.807, 2.05) is 66.3 Å². The molecule has 1 aliphatic heterocycles. The molecule has 0 spiro atoms. The summed E-state index contributed by atoms with van der Waals surface area (Å²) in [4.78, 5) is 12.7. The van der Waals surface area contributed by atoms with Crippen LogP contribution in [-0.2, 0) is 6.54 Å². The second kappa shape index (κ2) is 7.72. The van der Waals surface area contributed by atoms with Crippen molar-refractivity contribution in [2.24, 2.45) is 5.92 Å². The number of aromatic nitrogens is 3. The maximum atomic E-state index is 12.7. The first-order valence-corrected chi connectivity index (χ1v) is 9.27. The summed E-state index contributed by atoms with van der Waals surface area (Å²) < 4.78 is 1.89. The number of para-hydroxylation sites is 1. The molecule has 1 aromatic heterocycles. The third-order valence-electron chi connectivity index (χ3n) is 4.98. The van der Waals surface area contributed by atoms with Gasteiger partial charge in [0.05, 0.1) is 6.20 Å². The Morgan fingerprint density at radius 1 is 1.22 bits per heavy atom. The van der Waals surface area contributed by atoms with Crippen LogP contribution < -0.4 is 10.6 Å². The summed E-state index contributed by atoms with van der Waals surface area (Å²) in [6, 6.07) is 15.3. The van der Waals surface area contributed by atoms with Crippen molar-refractivity contribution in [1.29, 1.82) is 0 Å². The zero-order chi connectivity index (χ0) is 18.6. The van der Waals surface area contributed by atoms with Gasteiger partial charge in [-0.2, -0.15) is 0 Å². The molecule has 1 saturated heterocycles. The van der Waals surface area contributed by atoms with Crippen LogP contribution in [0.15, 0.2) is 54.7 Å². The van der Waals surface area contributed by atoms with Crippen LogP contribution in [0.1, 0.15) is 22.3 Å². The molecule has 6 heteroatoms. The van der Waals surface area contributed by atoms with Crippen molar-refractivity contribution in [3.05, 3.63) is 65.9 Å². The average Bonchev–Trinajstić information content (AvgIpc) is 3.10. The standard InChI is InChI=1S/C21H23N5O/c1-15-7-8-17(11-19(15)21(27)23-18-5-3-2-4-6-18)20-14-26(25-24-20)10-9-16-12-22-13-16/h2-8,11,14,16,22H,9-10,12-13H2,1H3,(H,23,27). The molecule has 1 fully saturated rings. The van der Waals surface area contributed by atoms with Crippen molar-refractivity contribution in [1.82, 2.24) is 20.3 Å². The van der Waals surface area contributed by atoms with Crippen molar-refractivity contribution in [2.45, 2.75) is 19.9 Å². The van der Waals surface area contributed by atoms with E-state index in [1.165, 1.54) is 0 Å². The quantitative estimate of drug-likeness (QED) is 0.708. The highest BCUT2D eigenvalue weighted by molar-refractivity contribution is 6.05. The normalized spacial score (nSPS) is 14.0. The number of hydrogen-bond acceptors (Lipinski definition) is 4. The minimum absolute atomic E-state index is 0.120. The number of amides is 1. The highest BCUT2D eigenvalue weighted by Gasteiger charge is 2.17. The van der Waals surface area contributed by atoms with Crippen molar-refractivity contribution in [2.75, 3.05) is 18.4 Å². The van der Waals surface area contributed by atoms with E-state index >= 15 is 0 Å². The minimum Gasteiger partial charge on any atom is -0.322 e. The van der Waals surface area contributed by atoms with Crippen molar-refractivity contribution in [3.8, 4) is 11.3 Å². The molecule has 27 heavy (non-hydrogen) atoms. The molecule has 0 unspecified atom stereocenters. The van der Waals surface area contributed by atoms with E-state index in [9.17, 15) is 4.79 Å². The van der Waals surface area contributed by atoms with Crippen LogP contribution in [0.25, 0.3) is 11.3 Å². The molecule has 0 bridgehead atoms. The van der Waals surface area contributed by atoms with E-state index in [-0.39, 0.29) is 5.91 Å². The van der Waals surface area contributed by atoms with Crippen LogP contribution in [0.3, 0.4) is 0 Å². The number of hydrogen-bond donors (Lipinski definition) is 2. The van der Waals surface area contributed by atoms with Gasteiger partial charge in [-0.1, -0.05) is 35.5 Å². The van der Waals surface area contributed by atoms with Gasteiger partial charge in [0.15, 0.2) is 0 Å². The number of nitrogens with one attached hydrogen (secondary N) is 2. The lowest BCUT2D eigenvalue weighted by Gasteiger charge is -2.26. The first kappa shape index (κ1) is 17.4. The summed E-state index contributed by atoms with van der Waals surface area (Å²) in [5.41, 5.74) is 4.04. The van der Waals surface area contributed by atoms with Crippen LogP contribution in [0.2, 0.25) is 0 Å². The molecule has 1 aliphatic rings. The van der Waals surface area contributed by atoms with Gasteiger partial charge < -0.3 is 10.6 Å². The fraction of sp³-hybridized carbons (Fsp3) is 0.286. The third-order valence-corrected chi connectivity index (χ3v) is 4.98. The Balaban J connectivity index is 1.49. The SMILES string of the molecule is Cc1ccc(-c2cn(CCC3CNC3)nn2)cc1C(=O)Nc1ccccc1. The fourth-order valence-electron chi connectivity index (χ4n) is 3.15. The summed E-state index contributed by atoms with van der Waals surface area (Å²) in [5.74, 6) is 0.621. The molecular formula is C21H23N5O. The van der Waals surface area contributed by atoms with Gasteiger partial charge in [-0.25, -0.2) is 0 Å². The Kier molecular flexibility index (Phi) is 4.98. The summed E-state index contributed by atoms with van der Waals surface area (Å²) in [6.07, 6.45) is 3.06. The molecule has 0 atom stereocenters. The number of rotatable bonds is 6. The first-order chi connectivity index (χ1) is 13.2. The maximum absolute atomic E-state index is 12.7. The first-order valence-electron chi connectivity index (χ1n) is 9.27. The zero-order valence-corrected chi connectivity index (χ0v) is 15.4.